The van der Waals surface area contributed by atoms with E-state index < -0.39 is 0 Å². The average molecular weight is 268 g/mol. The van der Waals surface area contributed by atoms with E-state index in [0.29, 0.717) is 6.04 Å². The monoisotopic (exact) mass is 268 g/mol. The van der Waals surface area contributed by atoms with Crippen LogP contribution in [0.25, 0.3) is 11.3 Å². The molecule has 4 nitrogen and oxygen atoms in total. The number of aromatic nitrogens is 2. The highest BCUT2D eigenvalue weighted by Crippen LogP contribution is 2.18. The lowest BCUT2D eigenvalue weighted by Crippen LogP contribution is -2.35. The summed E-state index contributed by atoms with van der Waals surface area (Å²) in [5.41, 5.74) is 3.28. The van der Waals surface area contributed by atoms with Gasteiger partial charge in [-0.05, 0) is 45.0 Å². The van der Waals surface area contributed by atoms with Crippen molar-refractivity contribution in [1.82, 2.24) is 15.5 Å². The van der Waals surface area contributed by atoms with Gasteiger partial charge in [0.2, 0.25) is 0 Å². The number of aryl methyl sites for hydroxylation is 1. The number of anilines is 1. The van der Waals surface area contributed by atoms with Crippen LogP contribution in [0, 0.1) is 6.92 Å². The Morgan fingerprint density at radius 1 is 1.00 bits per heavy atom. The van der Waals surface area contributed by atoms with E-state index in [9.17, 15) is 0 Å². The molecule has 0 spiro atoms. The molecule has 0 atom stereocenters. The fourth-order valence-corrected chi connectivity index (χ4v) is 2.46. The topological polar surface area (TPSA) is 49.8 Å². The Hall–Kier alpha value is -1.94. The van der Waals surface area contributed by atoms with Crippen LogP contribution in [0.5, 0.6) is 0 Å². The molecule has 0 saturated carbocycles. The van der Waals surface area contributed by atoms with Crippen LogP contribution >= 0.6 is 0 Å². The average Bonchev–Trinajstić information content (AvgIpc) is 2.50. The third-order valence-corrected chi connectivity index (χ3v) is 3.70. The summed E-state index contributed by atoms with van der Waals surface area (Å²) in [6, 6.07) is 12.9. The van der Waals surface area contributed by atoms with Gasteiger partial charge in [-0.2, -0.15) is 0 Å². The first-order valence-corrected chi connectivity index (χ1v) is 7.19. The molecule has 1 saturated heterocycles. The highest BCUT2D eigenvalue weighted by atomic mass is 15.2. The molecule has 2 N–H and O–H groups in total. The molecule has 1 aliphatic rings. The molecule has 4 heteroatoms. The van der Waals surface area contributed by atoms with Crippen LogP contribution in [-0.2, 0) is 0 Å². The summed E-state index contributed by atoms with van der Waals surface area (Å²) in [6.07, 6.45) is 2.28. The minimum absolute atomic E-state index is 0.510. The minimum atomic E-state index is 0.510. The molecule has 0 unspecified atom stereocenters. The number of hydrogen-bond donors (Lipinski definition) is 2. The maximum atomic E-state index is 4.32. The Kier molecular flexibility index (Phi) is 3.92. The van der Waals surface area contributed by atoms with Crippen LogP contribution in [0.15, 0.2) is 36.4 Å². The standard InChI is InChI=1S/C16H20N4/c1-12-2-4-13(5-3-12)15-6-7-16(20-19-15)18-14-8-10-17-11-9-14/h2-7,14,17H,8-11H2,1H3,(H,18,20). The fraction of sp³-hybridized carbons (Fsp3) is 0.375. The van der Waals surface area contributed by atoms with Crippen molar-refractivity contribution >= 4 is 5.82 Å². The summed E-state index contributed by atoms with van der Waals surface area (Å²) >= 11 is 0. The van der Waals surface area contributed by atoms with Crippen molar-refractivity contribution in [1.29, 1.82) is 0 Å². The van der Waals surface area contributed by atoms with Gasteiger partial charge in [-0.1, -0.05) is 29.8 Å². The summed E-state index contributed by atoms with van der Waals surface area (Å²) < 4.78 is 0. The first-order chi connectivity index (χ1) is 9.81. The van der Waals surface area contributed by atoms with E-state index in [-0.39, 0.29) is 0 Å². The van der Waals surface area contributed by atoms with Gasteiger partial charge in [-0.3, -0.25) is 0 Å². The van der Waals surface area contributed by atoms with Gasteiger partial charge in [0, 0.05) is 11.6 Å². The van der Waals surface area contributed by atoms with Crippen molar-refractivity contribution in [3.05, 3.63) is 42.0 Å². The van der Waals surface area contributed by atoms with Gasteiger partial charge in [0.15, 0.2) is 0 Å². The molecule has 0 aliphatic carbocycles. The van der Waals surface area contributed by atoms with Crippen LogP contribution in [-0.4, -0.2) is 29.3 Å². The van der Waals surface area contributed by atoms with Crippen molar-refractivity contribution in [3.63, 3.8) is 0 Å². The molecule has 20 heavy (non-hydrogen) atoms. The van der Waals surface area contributed by atoms with Crippen LogP contribution in [0.1, 0.15) is 18.4 Å². The van der Waals surface area contributed by atoms with Gasteiger partial charge in [0.1, 0.15) is 5.82 Å². The van der Waals surface area contributed by atoms with E-state index in [2.05, 4.69) is 52.0 Å². The lowest BCUT2D eigenvalue weighted by atomic mass is 10.1. The summed E-state index contributed by atoms with van der Waals surface area (Å²) in [4.78, 5) is 0. The molecule has 0 radical (unpaired) electrons. The van der Waals surface area contributed by atoms with E-state index in [1.807, 2.05) is 12.1 Å². The lowest BCUT2D eigenvalue weighted by Gasteiger charge is -2.23. The normalized spacial score (nSPS) is 16.1. The second kappa shape index (κ2) is 6.01. The molecule has 2 aromatic rings. The molecular weight excluding hydrogens is 248 g/mol. The van der Waals surface area contributed by atoms with Crippen molar-refractivity contribution in [2.75, 3.05) is 18.4 Å². The Morgan fingerprint density at radius 2 is 1.75 bits per heavy atom. The third-order valence-electron chi connectivity index (χ3n) is 3.70. The minimum Gasteiger partial charge on any atom is -0.366 e. The molecule has 104 valence electrons. The van der Waals surface area contributed by atoms with Crippen LogP contribution in [0.2, 0.25) is 0 Å². The number of benzene rings is 1. The van der Waals surface area contributed by atoms with E-state index in [0.717, 1.165) is 43.0 Å². The fourth-order valence-electron chi connectivity index (χ4n) is 2.46. The quantitative estimate of drug-likeness (QED) is 0.898. The van der Waals surface area contributed by atoms with E-state index in [1.54, 1.807) is 0 Å². The maximum absolute atomic E-state index is 4.32. The SMILES string of the molecule is Cc1ccc(-c2ccc(NC3CCNCC3)nn2)cc1. The predicted octanol–water partition coefficient (Wildman–Crippen LogP) is 2.62. The van der Waals surface area contributed by atoms with Crippen molar-refractivity contribution in [3.8, 4) is 11.3 Å². The Morgan fingerprint density at radius 3 is 2.40 bits per heavy atom. The van der Waals surface area contributed by atoms with Gasteiger partial charge >= 0.3 is 0 Å². The number of piperidine rings is 1. The lowest BCUT2D eigenvalue weighted by molar-refractivity contribution is 0.478. The molecule has 1 aromatic heterocycles. The molecular formula is C16H20N4. The zero-order valence-electron chi connectivity index (χ0n) is 11.8. The van der Waals surface area contributed by atoms with E-state index in [4.69, 9.17) is 0 Å². The zero-order valence-corrected chi connectivity index (χ0v) is 11.8. The molecule has 2 heterocycles. The molecule has 0 amide bonds. The number of nitrogens with zero attached hydrogens (tertiary/aromatic N) is 2. The highest BCUT2D eigenvalue weighted by molar-refractivity contribution is 5.59. The highest BCUT2D eigenvalue weighted by Gasteiger charge is 2.13. The largest absolute Gasteiger partial charge is 0.366 e. The summed E-state index contributed by atoms with van der Waals surface area (Å²) in [5, 5.41) is 15.4. The van der Waals surface area contributed by atoms with Gasteiger partial charge in [0.25, 0.3) is 0 Å². The zero-order chi connectivity index (χ0) is 13.8. The Bertz CT molecular complexity index is 542. The second-order valence-corrected chi connectivity index (χ2v) is 5.34. The number of hydrogen-bond acceptors (Lipinski definition) is 4. The Balaban J connectivity index is 1.69. The predicted molar refractivity (Wildman–Crippen MR) is 81.7 cm³/mol. The van der Waals surface area contributed by atoms with E-state index >= 15 is 0 Å². The van der Waals surface area contributed by atoms with E-state index in [1.165, 1.54) is 5.56 Å². The number of nitrogens with one attached hydrogen (secondary N) is 2. The number of rotatable bonds is 3. The first-order valence-electron chi connectivity index (χ1n) is 7.19. The van der Waals surface area contributed by atoms with Gasteiger partial charge in [-0.15, -0.1) is 10.2 Å². The summed E-state index contributed by atoms with van der Waals surface area (Å²) in [5.74, 6) is 0.868. The summed E-state index contributed by atoms with van der Waals surface area (Å²) in [7, 11) is 0. The van der Waals surface area contributed by atoms with Crippen LogP contribution < -0.4 is 10.6 Å². The molecule has 1 fully saturated rings. The van der Waals surface area contributed by atoms with Gasteiger partial charge < -0.3 is 10.6 Å². The van der Waals surface area contributed by atoms with Gasteiger partial charge in [-0.25, -0.2) is 0 Å². The van der Waals surface area contributed by atoms with Crippen molar-refractivity contribution in [2.45, 2.75) is 25.8 Å². The van der Waals surface area contributed by atoms with Crippen molar-refractivity contribution < 1.29 is 0 Å². The molecule has 0 bridgehead atoms. The second-order valence-electron chi connectivity index (χ2n) is 5.34. The van der Waals surface area contributed by atoms with Crippen LogP contribution in [0.4, 0.5) is 5.82 Å². The maximum Gasteiger partial charge on any atom is 0.148 e. The molecule has 1 aliphatic heterocycles. The molecule has 1 aromatic carbocycles. The van der Waals surface area contributed by atoms with Crippen molar-refractivity contribution in [2.24, 2.45) is 0 Å². The summed E-state index contributed by atoms with van der Waals surface area (Å²) in [6.45, 7) is 4.24. The molecule has 3 rings (SSSR count). The van der Waals surface area contributed by atoms with Gasteiger partial charge in [0.05, 0.1) is 5.69 Å². The third kappa shape index (κ3) is 3.14. The first kappa shape index (κ1) is 13.1. The smallest absolute Gasteiger partial charge is 0.148 e. The van der Waals surface area contributed by atoms with Crippen LogP contribution in [0.3, 0.4) is 0 Å². The Labute approximate surface area is 119 Å².